The van der Waals surface area contributed by atoms with Crippen molar-refractivity contribution in [3.8, 4) is 0 Å². The quantitative estimate of drug-likeness (QED) is 0.667. The zero-order valence-corrected chi connectivity index (χ0v) is 8.66. The Bertz CT molecular complexity index is 284. The fraction of sp³-hybridized carbons (Fsp3) is 0.500. The van der Waals surface area contributed by atoms with E-state index in [1.807, 2.05) is 12.1 Å². The molecule has 0 bridgehead atoms. The van der Waals surface area contributed by atoms with Crippen molar-refractivity contribution < 1.29 is 0 Å². The van der Waals surface area contributed by atoms with Crippen molar-refractivity contribution in [2.24, 2.45) is 5.92 Å². The Hall–Kier alpha value is -1.02. The summed E-state index contributed by atoms with van der Waals surface area (Å²) in [5.74, 6) is 0.819. The highest BCUT2D eigenvalue weighted by Gasteiger charge is 2.18. The molecule has 1 fully saturated rings. The summed E-state index contributed by atoms with van der Waals surface area (Å²) < 4.78 is 0. The van der Waals surface area contributed by atoms with Gasteiger partial charge in [0.2, 0.25) is 0 Å². The predicted molar refractivity (Wildman–Crippen MR) is 60.0 cm³/mol. The van der Waals surface area contributed by atoms with Gasteiger partial charge < -0.3 is 11.1 Å². The van der Waals surface area contributed by atoms with Gasteiger partial charge >= 0.3 is 0 Å². The van der Waals surface area contributed by atoms with E-state index in [2.05, 4.69) is 24.4 Å². The van der Waals surface area contributed by atoms with Gasteiger partial charge in [-0.15, -0.1) is 0 Å². The molecule has 1 aliphatic rings. The fourth-order valence-electron chi connectivity index (χ4n) is 2.01. The molecule has 76 valence electrons. The van der Waals surface area contributed by atoms with Crippen LogP contribution in [0.3, 0.4) is 0 Å². The first-order valence-electron chi connectivity index (χ1n) is 5.34. The van der Waals surface area contributed by atoms with Crippen molar-refractivity contribution >= 4 is 5.69 Å². The van der Waals surface area contributed by atoms with Crippen LogP contribution in [0.2, 0.25) is 0 Å². The maximum atomic E-state index is 5.66. The molecule has 0 saturated carbocycles. The normalized spacial score (nSPS) is 27.5. The van der Waals surface area contributed by atoms with Crippen LogP contribution >= 0.6 is 0 Å². The number of rotatable bonds is 1. The highest BCUT2D eigenvalue weighted by Crippen LogP contribution is 2.25. The lowest BCUT2D eigenvalue weighted by Crippen LogP contribution is -2.31. The Morgan fingerprint density at radius 1 is 1.21 bits per heavy atom. The van der Waals surface area contributed by atoms with Crippen molar-refractivity contribution in [1.29, 1.82) is 0 Å². The first-order valence-corrected chi connectivity index (χ1v) is 5.34. The van der Waals surface area contributed by atoms with Gasteiger partial charge in [-0.05, 0) is 43.0 Å². The number of piperidine rings is 1. The van der Waals surface area contributed by atoms with Gasteiger partial charge in [0, 0.05) is 11.7 Å². The van der Waals surface area contributed by atoms with E-state index < -0.39 is 0 Å². The second-order valence-electron chi connectivity index (χ2n) is 4.31. The third-order valence-electron chi connectivity index (χ3n) is 3.00. The SMILES string of the molecule is C[C@@H]1CC[C@@H](c2ccc(N)cc2)NC1. The standard InChI is InChI=1S/C12H18N2/c1-9-2-7-12(14-8-9)10-3-5-11(13)6-4-10/h3-6,9,12,14H,2,7-8,13H2,1H3/t9-,12+/m1/s1. The van der Waals surface area contributed by atoms with Gasteiger partial charge in [-0.1, -0.05) is 19.1 Å². The van der Waals surface area contributed by atoms with Crippen molar-refractivity contribution in [3.63, 3.8) is 0 Å². The molecule has 2 rings (SSSR count). The third-order valence-corrected chi connectivity index (χ3v) is 3.00. The number of hydrogen-bond acceptors (Lipinski definition) is 2. The van der Waals surface area contributed by atoms with E-state index in [1.165, 1.54) is 18.4 Å². The Kier molecular flexibility index (Phi) is 2.73. The molecule has 0 amide bonds. The molecule has 0 unspecified atom stereocenters. The lowest BCUT2D eigenvalue weighted by Gasteiger charge is -2.28. The number of nitrogens with two attached hydrogens (primary N) is 1. The summed E-state index contributed by atoms with van der Waals surface area (Å²) in [7, 11) is 0. The Labute approximate surface area is 85.5 Å². The summed E-state index contributed by atoms with van der Waals surface area (Å²) in [6, 6.07) is 8.75. The van der Waals surface area contributed by atoms with Gasteiger partial charge in [-0.25, -0.2) is 0 Å². The number of nitrogen functional groups attached to an aromatic ring is 1. The van der Waals surface area contributed by atoms with Crippen LogP contribution < -0.4 is 11.1 Å². The van der Waals surface area contributed by atoms with Crippen LogP contribution in [0.5, 0.6) is 0 Å². The molecule has 1 aromatic rings. The van der Waals surface area contributed by atoms with Crippen LogP contribution in [0.1, 0.15) is 31.4 Å². The summed E-state index contributed by atoms with van der Waals surface area (Å²) in [4.78, 5) is 0. The van der Waals surface area contributed by atoms with E-state index in [9.17, 15) is 0 Å². The van der Waals surface area contributed by atoms with Crippen LogP contribution in [0.4, 0.5) is 5.69 Å². The molecule has 1 aromatic carbocycles. The van der Waals surface area contributed by atoms with Crippen LogP contribution in [0.25, 0.3) is 0 Å². The fourth-order valence-corrected chi connectivity index (χ4v) is 2.01. The number of anilines is 1. The lowest BCUT2D eigenvalue weighted by molar-refractivity contribution is 0.333. The van der Waals surface area contributed by atoms with E-state index in [1.54, 1.807) is 0 Å². The highest BCUT2D eigenvalue weighted by atomic mass is 14.9. The van der Waals surface area contributed by atoms with Crippen LogP contribution in [-0.2, 0) is 0 Å². The van der Waals surface area contributed by atoms with E-state index in [4.69, 9.17) is 5.73 Å². The Morgan fingerprint density at radius 2 is 1.93 bits per heavy atom. The van der Waals surface area contributed by atoms with E-state index >= 15 is 0 Å². The molecular formula is C12H18N2. The zero-order valence-electron chi connectivity index (χ0n) is 8.66. The van der Waals surface area contributed by atoms with Gasteiger partial charge in [0.05, 0.1) is 0 Å². The molecule has 0 aliphatic carbocycles. The molecule has 0 aromatic heterocycles. The van der Waals surface area contributed by atoms with Crippen molar-refractivity contribution in [2.45, 2.75) is 25.8 Å². The van der Waals surface area contributed by atoms with E-state index in [0.717, 1.165) is 18.2 Å². The molecule has 1 saturated heterocycles. The number of nitrogens with one attached hydrogen (secondary N) is 1. The van der Waals surface area contributed by atoms with Crippen molar-refractivity contribution in [1.82, 2.24) is 5.32 Å². The second kappa shape index (κ2) is 4.01. The smallest absolute Gasteiger partial charge is 0.0320 e. The van der Waals surface area contributed by atoms with Gasteiger partial charge in [-0.2, -0.15) is 0 Å². The van der Waals surface area contributed by atoms with Crippen LogP contribution in [-0.4, -0.2) is 6.54 Å². The topological polar surface area (TPSA) is 38.0 Å². The largest absolute Gasteiger partial charge is 0.399 e. The molecule has 2 atom stereocenters. The zero-order chi connectivity index (χ0) is 9.97. The van der Waals surface area contributed by atoms with Gasteiger partial charge in [0.15, 0.2) is 0 Å². The summed E-state index contributed by atoms with van der Waals surface area (Å²) in [6.45, 7) is 3.43. The van der Waals surface area contributed by atoms with Crippen LogP contribution in [0.15, 0.2) is 24.3 Å². The minimum Gasteiger partial charge on any atom is -0.399 e. The summed E-state index contributed by atoms with van der Waals surface area (Å²) in [5, 5.41) is 3.56. The maximum Gasteiger partial charge on any atom is 0.0320 e. The van der Waals surface area contributed by atoms with Gasteiger partial charge in [0.1, 0.15) is 0 Å². The lowest BCUT2D eigenvalue weighted by atomic mass is 9.92. The van der Waals surface area contributed by atoms with Gasteiger partial charge in [-0.3, -0.25) is 0 Å². The van der Waals surface area contributed by atoms with E-state index in [0.29, 0.717) is 6.04 Å². The summed E-state index contributed by atoms with van der Waals surface area (Å²) in [5.41, 5.74) is 7.87. The minimum atomic E-state index is 0.534. The molecule has 14 heavy (non-hydrogen) atoms. The van der Waals surface area contributed by atoms with Crippen LogP contribution in [0, 0.1) is 5.92 Å². The van der Waals surface area contributed by atoms with E-state index in [-0.39, 0.29) is 0 Å². The highest BCUT2D eigenvalue weighted by molar-refractivity contribution is 5.40. The number of benzene rings is 1. The molecule has 1 aliphatic heterocycles. The molecular weight excluding hydrogens is 172 g/mol. The molecule has 0 spiro atoms. The molecule has 3 N–H and O–H groups in total. The Balaban J connectivity index is 2.05. The monoisotopic (exact) mass is 190 g/mol. The maximum absolute atomic E-state index is 5.66. The third kappa shape index (κ3) is 2.07. The molecule has 0 radical (unpaired) electrons. The second-order valence-corrected chi connectivity index (χ2v) is 4.31. The number of hydrogen-bond donors (Lipinski definition) is 2. The molecule has 1 heterocycles. The average Bonchev–Trinajstić information content (AvgIpc) is 2.21. The van der Waals surface area contributed by atoms with Crippen molar-refractivity contribution in [3.05, 3.63) is 29.8 Å². The molecule has 2 nitrogen and oxygen atoms in total. The first-order chi connectivity index (χ1) is 6.75. The molecule has 2 heteroatoms. The summed E-state index contributed by atoms with van der Waals surface area (Å²) in [6.07, 6.45) is 2.56. The average molecular weight is 190 g/mol. The Morgan fingerprint density at radius 3 is 2.50 bits per heavy atom. The predicted octanol–water partition coefficient (Wildman–Crippen LogP) is 2.33. The van der Waals surface area contributed by atoms with Crippen molar-refractivity contribution in [2.75, 3.05) is 12.3 Å². The summed E-state index contributed by atoms with van der Waals surface area (Å²) >= 11 is 0. The first kappa shape index (κ1) is 9.53. The minimum absolute atomic E-state index is 0.534. The van der Waals surface area contributed by atoms with Gasteiger partial charge in [0.25, 0.3) is 0 Å².